The molecule has 6 nitrogen and oxygen atoms in total. The summed E-state index contributed by atoms with van der Waals surface area (Å²) in [6.07, 6.45) is 4.46. The SMILES string of the molecule is CN=C(NCC(c1ccccc1)N1CCCC1)N1CCN(c2ccccn2)CC1. The van der Waals surface area contributed by atoms with Crippen molar-refractivity contribution in [3.8, 4) is 0 Å². The molecule has 2 aliphatic heterocycles. The van der Waals surface area contributed by atoms with E-state index in [-0.39, 0.29) is 0 Å². The van der Waals surface area contributed by atoms with Crippen molar-refractivity contribution in [3.63, 3.8) is 0 Å². The van der Waals surface area contributed by atoms with Crippen molar-refractivity contribution in [2.24, 2.45) is 4.99 Å². The lowest BCUT2D eigenvalue weighted by atomic mass is 10.1. The molecule has 1 unspecified atom stereocenters. The van der Waals surface area contributed by atoms with Crippen LogP contribution < -0.4 is 10.2 Å². The molecule has 2 aromatic rings. The fourth-order valence-corrected chi connectivity index (χ4v) is 4.39. The van der Waals surface area contributed by atoms with E-state index < -0.39 is 0 Å². The number of rotatable bonds is 5. The predicted octanol–water partition coefficient (Wildman–Crippen LogP) is 2.62. The molecule has 1 aromatic carbocycles. The highest BCUT2D eigenvalue weighted by Gasteiger charge is 2.25. The monoisotopic (exact) mass is 392 g/mol. The number of pyridine rings is 1. The van der Waals surface area contributed by atoms with E-state index >= 15 is 0 Å². The largest absolute Gasteiger partial charge is 0.354 e. The van der Waals surface area contributed by atoms with Crippen LogP contribution in [0.3, 0.4) is 0 Å². The molecular weight excluding hydrogens is 360 g/mol. The van der Waals surface area contributed by atoms with Gasteiger partial charge in [-0.3, -0.25) is 9.89 Å². The number of nitrogens with zero attached hydrogens (tertiary/aromatic N) is 5. The fourth-order valence-electron chi connectivity index (χ4n) is 4.39. The van der Waals surface area contributed by atoms with Gasteiger partial charge in [0.25, 0.3) is 0 Å². The molecule has 2 saturated heterocycles. The summed E-state index contributed by atoms with van der Waals surface area (Å²) < 4.78 is 0. The maximum atomic E-state index is 4.58. The smallest absolute Gasteiger partial charge is 0.193 e. The van der Waals surface area contributed by atoms with Crippen molar-refractivity contribution in [2.75, 3.05) is 57.8 Å². The zero-order valence-electron chi connectivity index (χ0n) is 17.4. The van der Waals surface area contributed by atoms with E-state index in [1.165, 1.54) is 31.5 Å². The van der Waals surface area contributed by atoms with Crippen molar-refractivity contribution >= 4 is 11.8 Å². The van der Waals surface area contributed by atoms with Gasteiger partial charge in [-0.1, -0.05) is 36.4 Å². The van der Waals surface area contributed by atoms with Crippen LogP contribution in [-0.4, -0.2) is 73.6 Å². The second-order valence-corrected chi connectivity index (χ2v) is 7.76. The quantitative estimate of drug-likeness (QED) is 0.626. The number of hydrogen-bond acceptors (Lipinski definition) is 4. The molecule has 4 rings (SSSR count). The number of hydrogen-bond donors (Lipinski definition) is 1. The van der Waals surface area contributed by atoms with Crippen LogP contribution in [0.2, 0.25) is 0 Å². The van der Waals surface area contributed by atoms with E-state index in [2.05, 4.69) is 72.5 Å². The number of guanidine groups is 1. The maximum Gasteiger partial charge on any atom is 0.193 e. The van der Waals surface area contributed by atoms with E-state index in [0.717, 1.165) is 44.5 Å². The molecule has 0 amide bonds. The van der Waals surface area contributed by atoms with Crippen molar-refractivity contribution in [3.05, 3.63) is 60.3 Å². The standard InChI is InChI=1S/C23H32N6/c1-24-23(29-17-15-28(16-18-29)22-11-5-6-12-25-22)26-19-21(27-13-7-8-14-27)20-9-3-2-4-10-20/h2-6,9-12,21H,7-8,13-19H2,1H3,(H,24,26). The van der Waals surface area contributed by atoms with Gasteiger partial charge in [0.1, 0.15) is 5.82 Å². The van der Waals surface area contributed by atoms with Crippen molar-refractivity contribution < 1.29 is 0 Å². The Bertz CT molecular complexity index is 764. The Hall–Kier alpha value is -2.60. The van der Waals surface area contributed by atoms with Crippen LogP contribution >= 0.6 is 0 Å². The molecular formula is C23H32N6. The Balaban J connectivity index is 1.36. The normalized spacial score (nSPS) is 19.4. The first-order valence-electron chi connectivity index (χ1n) is 10.8. The zero-order chi connectivity index (χ0) is 19.9. The van der Waals surface area contributed by atoms with E-state index in [1.807, 2.05) is 19.3 Å². The average Bonchev–Trinajstić information content (AvgIpc) is 3.33. The Labute approximate surface area is 174 Å². The van der Waals surface area contributed by atoms with Gasteiger partial charge in [-0.2, -0.15) is 0 Å². The third-order valence-corrected chi connectivity index (χ3v) is 5.98. The minimum atomic E-state index is 0.394. The van der Waals surface area contributed by atoms with Crippen LogP contribution in [0.4, 0.5) is 5.82 Å². The van der Waals surface area contributed by atoms with Gasteiger partial charge >= 0.3 is 0 Å². The topological polar surface area (TPSA) is 47.0 Å². The molecule has 0 aliphatic carbocycles. The lowest BCUT2D eigenvalue weighted by Gasteiger charge is -2.38. The highest BCUT2D eigenvalue weighted by atomic mass is 15.4. The van der Waals surface area contributed by atoms with E-state index in [4.69, 9.17) is 0 Å². The Morgan fingerprint density at radius 2 is 1.69 bits per heavy atom. The van der Waals surface area contributed by atoms with E-state index in [9.17, 15) is 0 Å². The van der Waals surface area contributed by atoms with Gasteiger partial charge in [0, 0.05) is 46.0 Å². The highest BCUT2D eigenvalue weighted by molar-refractivity contribution is 5.80. The number of anilines is 1. The molecule has 2 fully saturated rings. The minimum absolute atomic E-state index is 0.394. The van der Waals surface area contributed by atoms with Crippen molar-refractivity contribution in [1.82, 2.24) is 20.1 Å². The van der Waals surface area contributed by atoms with Gasteiger partial charge in [0.2, 0.25) is 0 Å². The molecule has 1 atom stereocenters. The molecule has 29 heavy (non-hydrogen) atoms. The molecule has 0 spiro atoms. The predicted molar refractivity (Wildman–Crippen MR) is 119 cm³/mol. The molecule has 6 heteroatoms. The molecule has 0 radical (unpaired) electrons. The van der Waals surface area contributed by atoms with Crippen molar-refractivity contribution in [2.45, 2.75) is 18.9 Å². The number of aromatic nitrogens is 1. The Morgan fingerprint density at radius 3 is 2.34 bits per heavy atom. The molecule has 2 aliphatic rings. The Morgan fingerprint density at radius 1 is 0.966 bits per heavy atom. The average molecular weight is 393 g/mol. The van der Waals surface area contributed by atoms with Crippen LogP contribution in [0.15, 0.2) is 59.7 Å². The third-order valence-electron chi connectivity index (χ3n) is 5.98. The molecule has 0 saturated carbocycles. The number of nitrogens with one attached hydrogen (secondary N) is 1. The fraction of sp³-hybridized carbons (Fsp3) is 0.478. The molecule has 154 valence electrons. The molecule has 1 aromatic heterocycles. The van der Waals surface area contributed by atoms with Crippen LogP contribution in [-0.2, 0) is 0 Å². The summed E-state index contributed by atoms with van der Waals surface area (Å²) >= 11 is 0. The number of aliphatic imine (C=N–C) groups is 1. The lowest BCUT2D eigenvalue weighted by Crippen LogP contribution is -2.53. The molecule has 3 heterocycles. The molecule has 1 N–H and O–H groups in total. The first-order chi connectivity index (χ1) is 14.3. The zero-order valence-corrected chi connectivity index (χ0v) is 17.4. The third kappa shape index (κ3) is 4.88. The molecule has 0 bridgehead atoms. The number of likely N-dealkylation sites (tertiary alicyclic amines) is 1. The second-order valence-electron chi connectivity index (χ2n) is 7.76. The van der Waals surface area contributed by atoms with Crippen molar-refractivity contribution in [1.29, 1.82) is 0 Å². The Kier molecular flexibility index (Phi) is 6.62. The second kappa shape index (κ2) is 9.74. The van der Waals surface area contributed by atoms with Gasteiger partial charge in [-0.15, -0.1) is 0 Å². The van der Waals surface area contributed by atoms with E-state index in [1.54, 1.807) is 0 Å². The summed E-state index contributed by atoms with van der Waals surface area (Å²) in [6, 6.07) is 17.4. The number of benzene rings is 1. The van der Waals surface area contributed by atoms with Gasteiger partial charge in [0.05, 0.1) is 6.04 Å². The van der Waals surface area contributed by atoms with Gasteiger partial charge in [0.15, 0.2) is 5.96 Å². The summed E-state index contributed by atoms with van der Waals surface area (Å²) in [4.78, 5) is 16.4. The van der Waals surface area contributed by atoms with Gasteiger partial charge in [-0.25, -0.2) is 4.98 Å². The lowest BCUT2D eigenvalue weighted by molar-refractivity contribution is 0.243. The van der Waals surface area contributed by atoms with E-state index in [0.29, 0.717) is 6.04 Å². The summed E-state index contributed by atoms with van der Waals surface area (Å²) in [5.74, 6) is 2.07. The summed E-state index contributed by atoms with van der Waals surface area (Å²) in [7, 11) is 1.89. The highest BCUT2D eigenvalue weighted by Crippen LogP contribution is 2.24. The van der Waals surface area contributed by atoms with Crippen LogP contribution in [0.5, 0.6) is 0 Å². The van der Waals surface area contributed by atoms with Crippen LogP contribution in [0.25, 0.3) is 0 Å². The first kappa shape index (κ1) is 19.7. The summed E-state index contributed by atoms with van der Waals surface area (Å²) in [5.41, 5.74) is 1.39. The number of piperazine rings is 1. The van der Waals surface area contributed by atoms with Gasteiger partial charge < -0.3 is 15.1 Å². The summed E-state index contributed by atoms with van der Waals surface area (Å²) in [6.45, 7) is 7.09. The summed E-state index contributed by atoms with van der Waals surface area (Å²) in [5, 5.41) is 3.67. The minimum Gasteiger partial charge on any atom is -0.354 e. The van der Waals surface area contributed by atoms with Crippen LogP contribution in [0, 0.1) is 0 Å². The maximum absolute atomic E-state index is 4.58. The van der Waals surface area contributed by atoms with Crippen LogP contribution in [0.1, 0.15) is 24.4 Å². The van der Waals surface area contributed by atoms with Gasteiger partial charge in [-0.05, 0) is 43.6 Å². The first-order valence-corrected chi connectivity index (χ1v) is 10.8.